The Morgan fingerprint density at radius 3 is 2.57 bits per heavy atom. The van der Waals surface area contributed by atoms with Crippen molar-refractivity contribution in [1.82, 2.24) is 14.5 Å². The van der Waals surface area contributed by atoms with E-state index < -0.39 is 0 Å². The summed E-state index contributed by atoms with van der Waals surface area (Å²) in [5, 5.41) is 1.02. The van der Waals surface area contributed by atoms with Crippen LogP contribution in [0.15, 0.2) is 42.5 Å². The summed E-state index contributed by atoms with van der Waals surface area (Å²) >= 11 is 0. The molecule has 30 heavy (non-hydrogen) atoms. The van der Waals surface area contributed by atoms with E-state index in [1.54, 1.807) is 12.1 Å². The molecule has 0 atom stereocenters. The zero-order valence-corrected chi connectivity index (χ0v) is 17.7. The normalized spacial score (nSPS) is 11.6. The topological polar surface area (TPSA) is 66.0 Å². The van der Waals surface area contributed by atoms with Gasteiger partial charge in [-0.1, -0.05) is 32.9 Å². The van der Waals surface area contributed by atoms with Gasteiger partial charge in [-0.05, 0) is 42.2 Å². The number of imidazole rings is 1. The number of nitrogen functional groups attached to an aromatic ring is 1. The minimum absolute atomic E-state index is 0.256. The average Bonchev–Trinajstić information content (AvgIpc) is 3.06. The lowest BCUT2D eigenvalue weighted by atomic mass is 10.1. The molecule has 0 aliphatic heterocycles. The number of halogens is 1. The lowest BCUT2D eigenvalue weighted by molar-refractivity contribution is 0.306. The average molecular weight is 407 g/mol. The van der Waals surface area contributed by atoms with E-state index in [1.165, 1.54) is 12.1 Å². The number of aryl methyl sites for hydroxylation is 1. The fourth-order valence-electron chi connectivity index (χ4n) is 3.75. The first-order valence-corrected chi connectivity index (χ1v) is 10.4. The van der Waals surface area contributed by atoms with Crippen LogP contribution in [0.5, 0.6) is 5.75 Å². The summed E-state index contributed by atoms with van der Waals surface area (Å²) in [7, 11) is 0. The quantitative estimate of drug-likeness (QED) is 0.440. The van der Waals surface area contributed by atoms with Gasteiger partial charge in [-0.15, -0.1) is 0 Å². The molecule has 4 aromatic rings. The fourth-order valence-corrected chi connectivity index (χ4v) is 3.75. The third-order valence-electron chi connectivity index (χ3n) is 5.09. The molecular formula is C24H27FN4O. The van der Waals surface area contributed by atoms with Gasteiger partial charge in [0.2, 0.25) is 0 Å². The van der Waals surface area contributed by atoms with Crippen LogP contribution in [0, 0.1) is 11.7 Å². The monoisotopic (exact) mass is 406 g/mol. The summed E-state index contributed by atoms with van der Waals surface area (Å²) in [5.41, 5.74) is 9.79. The zero-order chi connectivity index (χ0) is 21.3. The van der Waals surface area contributed by atoms with Crippen LogP contribution in [-0.4, -0.2) is 14.5 Å². The van der Waals surface area contributed by atoms with Crippen LogP contribution in [0.4, 0.5) is 10.2 Å². The number of benzene rings is 2. The van der Waals surface area contributed by atoms with Crippen LogP contribution >= 0.6 is 0 Å². The van der Waals surface area contributed by atoms with Gasteiger partial charge >= 0.3 is 0 Å². The Hall–Kier alpha value is -3.15. The summed E-state index contributed by atoms with van der Waals surface area (Å²) in [5.74, 6) is 2.42. The molecule has 5 nitrogen and oxygen atoms in total. The standard InChI is InChI=1S/C24H27FN4O/c1-4-5-21-28-22-23(29(21)13-15(2)3)19-11-10-18(12-20(19)27-24(22)26)30-14-16-6-8-17(25)9-7-16/h6-12,15H,4-5,13-14H2,1-3H3,(H2,26,27). The number of hydrogen-bond donors (Lipinski definition) is 1. The van der Waals surface area contributed by atoms with Gasteiger partial charge < -0.3 is 15.0 Å². The molecule has 2 heterocycles. The molecule has 2 N–H and O–H groups in total. The van der Waals surface area contributed by atoms with Crippen molar-refractivity contribution in [3.05, 3.63) is 59.7 Å². The summed E-state index contributed by atoms with van der Waals surface area (Å²) in [4.78, 5) is 9.42. The molecule has 0 aliphatic rings. The zero-order valence-electron chi connectivity index (χ0n) is 17.7. The van der Waals surface area contributed by atoms with Gasteiger partial charge in [0.15, 0.2) is 5.82 Å². The van der Waals surface area contributed by atoms with E-state index in [-0.39, 0.29) is 5.82 Å². The highest BCUT2D eigenvalue weighted by Gasteiger charge is 2.18. The molecule has 0 spiro atoms. The van der Waals surface area contributed by atoms with Gasteiger partial charge in [0.25, 0.3) is 0 Å². The molecule has 2 aromatic carbocycles. The summed E-state index contributed by atoms with van der Waals surface area (Å²) in [6.45, 7) is 7.80. The Kier molecular flexibility index (Phi) is 5.57. The molecule has 0 saturated heterocycles. The Balaban J connectivity index is 1.75. The highest BCUT2D eigenvalue weighted by atomic mass is 19.1. The van der Waals surface area contributed by atoms with Crippen LogP contribution in [-0.2, 0) is 19.6 Å². The van der Waals surface area contributed by atoms with Crippen LogP contribution in [0.25, 0.3) is 21.9 Å². The smallest absolute Gasteiger partial charge is 0.152 e. The Labute approximate surface area is 175 Å². The lowest BCUT2D eigenvalue weighted by Gasteiger charge is -2.13. The molecule has 0 amide bonds. The number of hydrogen-bond acceptors (Lipinski definition) is 4. The van der Waals surface area contributed by atoms with E-state index in [0.717, 1.165) is 52.7 Å². The number of fused-ring (bicyclic) bond motifs is 3. The molecular weight excluding hydrogens is 379 g/mol. The molecule has 0 saturated carbocycles. The van der Waals surface area contributed by atoms with Crippen molar-refractivity contribution in [2.45, 2.75) is 46.8 Å². The van der Waals surface area contributed by atoms with E-state index in [9.17, 15) is 4.39 Å². The first kappa shape index (κ1) is 20.1. The maximum absolute atomic E-state index is 13.1. The van der Waals surface area contributed by atoms with E-state index in [1.807, 2.05) is 18.2 Å². The predicted octanol–water partition coefficient (Wildman–Crippen LogP) is 5.49. The van der Waals surface area contributed by atoms with Crippen LogP contribution in [0.2, 0.25) is 0 Å². The Morgan fingerprint density at radius 1 is 1.10 bits per heavy atom. The second-order valence-corrected chi connectivity index (χ2v) is 8.07. The van der Waals surface area contributed by atoms with Gasteiger partial charge in [0, 0.05) is 24.4 Å². The highest BCUT2D eigenvalue weighted by molar-refractivity contribution is 6.06. The van der Waals surface area contributed by atoms with Gasteiger partial charge in [0.1, 0.15) is 29.5 Å². The molecule has 0 fully saturated rings. The summed E-state index contributed by atoms with van der Waals surface area (Å²) in [6.07, 6.45) is 1.93. The largest absolute Gasteiger partial charge is 0.489 e. The maximum atomic E-state index is 13.1. The predicted molar refractivity (Wildman–Crippen MR) is 119 cm³/mol. The van der Waals surface area contributed by atoms with Crippen molar-refractivity contribution in [3.63, 3.8) is 0 Å². The maximum Gasteiger partial charge on any atom is 0.152 e. The Bertz CT molecular complexity index is 1180. The minimum atomic E-state index is -0.256. The molecule has 0 bridgehead atoms. The van der Waals surface area contributed by atoms with Crippen molar-refractivity contribution in [1.29, 1.82) is 0 Å². The lowest BCUT2D eigenvalue weighted by Crippen LogP contribution is -2.09. The first-order valence-electron chi connectivity index (χ1n) is 10.4. The first-order chi connectivity index (χ1) is 14.5. The number of pyridine rings is 1. The van der Waals surface area contributed by atoms with Crippen LogP contribution in [0.3, 0.4) is 0 Å². The van der Waals surface area contributed by atoms with E-state index in [4.69, 9.17) is 15.5 Å². The summed E-state index contributed by atoms with van der Waals surface area (Å²) < 4.78 is 21.3. The van der Waals surface area contributed by atoms with E-state index >= 15 is 0 Å². The van der Waals surface area contributed by atoms with Crippen LogP contribution < -0.4 is 10.5 Å². The number of nitrogens with two attached hydrogens (primary N) is 1. The van der Waals surface area contributed by atoms with Crippen molar-refractivity contribution >= 4 is 27.8 Å². The Morgan fingerprint density at radius 2 is 1.87 bits per heavy atom. The molecule has 4 rings (SSSR count). The van der Waals surface area contributed by atoms with Crippen molar-refractivity contribution in [2.75, 3.05) is 5.73 Å². The van der Waals surface area contributed by atoms with Gasteiger partial charge in [-0.25, -0.2) is 14.4 Å². The minimum Gasteiger partial charge on any atom is -0.489 e. The number of nitrogens with zero attached hydrogens (tertiary/aromatic N) is 3. The molecule has 0 aliphatic carbocycles. The third kappa shape index (κ3) is 3.95. The van der Waals surface area contributed by atoms with E-state index in [0.29, 0.717) is 24.1 Å². The van der Waals surface area contributed by atoms with Crippen molar-refractivity contribution < 1.29 is 9.13 Å². The van der Waals surface area contributed by atoms with Gasteiger partial charge in [-0.3, -0.25) is 0 Å². The van der Waals surface area contributed by atoms with Crippen LogP contribution in [0.1, 0.15) is 38.6 Å². The number of ether oxygens (including phenoxy) is 1. The molecule has 6 heteroatoms. The highest BCUT2D eigenvalue weighted by Crippen LogP contribution is 2.32. The second-order valence-electron chi connectivity index (χ2n) is 8.07. The molecule has 0 unspecified atom stereocenters. The second kappa shape index (κ2) is 8.30. The number of rotatable bonds is 7. The van der Waals surface area contributed by atoms with Gasteiger partial charge in [0.05, 0.1) is 11.0 Å². The number of aromatic nitrogens is 3. The third-order valence-corrected chi connectivity index (χ3v) is 5.09. The molecule has 0 radical (unpaired) electrons. The number of anilines is 1. The molecule has 156 valence electrons. The van der Waals surface area contributed by atoms with E-state index in [2.05, 4.69) is 30.3 Å². The van der Waals surface area contributed by atoms with Crippen molar-refractivity contribution in [2.24, 2.45) is 5.92 Å². The van der Waals surface area contributed by atoms with Gasteiger partial charge in [-0.2, -0.15) is 0 Å². The fraction of sp³-hybridized carbons (Fsp3) is 0.333. The molecule has 2 aromatic heterocycles. The van der Waals surface area contributed by atoms with Crippen molar-refractivity contribution in [3.8, 4) is 5.75 Å². The summed E-state index contributed by atoms with van der Waals surface area (Å²) in [6, 6.07) is 12.2. The SMILES string of the molecule is CCCc1nc2c(N)nc3cc(OCc4ccc(F)cc4)ccc3c2n1CC(C)C.